The predicted molar refractivity (Wildman–Crippen MR) is 44.1 cm³/mol. The van der Waals surface area contributed by atoms with E-state index in [4.69, 9.17) is 15.7 Å². The molecule has 3 atom stereocenters. The molecule has 0 fully saturated rings. The summed E-state index contributed by atoms with van der Waals surface area (Å²) in [5, 5.41) is 8.55. The van der Waals surface area contributed by atoms with Gasteiger partial charge in [0.25, 0.3) is 0 Å². The van der Waals surface area contributed by atoms with Gasteiger partial charge in [-0.3, -0.25) is 4.79 Å². The molecule has 0 heterocycles. The first-order valence-corrected chi connectivity index (χ1v) is 4.87. The van der Waals surface area contributed by atoms with E-state index in [1.807, 2.05) is 0 Å². The van der Waals surface area contributed by atoms with Crippen LogP contribution < -0.4 is 5.73 Å². The topological polar surface area (TPSA) is 101 Å². The Balaban J connectivity index is 4.28. The van der Waals surface area contributed by atoms with Gasteiger partial charge in [-0.15, -0.1) is 0 Å². The number of hydrogen-bond acceptors (Lipinski definition) is 3. The van der Waals surface area contributed by atoms with Crippen molar-refractivity contribution in [3.63, 3.8) is 0 Å². The van der Waals surface area contributed by atoms with Crippen molar-refractivity contribution in [3.05, 3.63) is 0 Å². The van der Waals surface area contributed by atoms with Crippen LogP contribution in [0.15, 0.2) is 0 Å². The SMILES string of the molecule is CC(C(=O)O)C(CCN)[P+](=O)O. The fourth-order valence-corrected chi connectivity index (χ4v) is 1.77. The molecule has 3 unspecified atom stereocenters. The lowest BCUT2D eigenvalue weighted by Gasteiger charge is -2.07. The van der Waals surface area contributed by atoms with Gasteiger partial charge in [0.05, 0.1) is 0 Å². The van der Waals surface area contributed by atoms with Gasteiger partial charge < -0.3 is 10.8 Å². The number of carbonyl (C=O) groups is 1. The third-order valence-corrected chi connectivity index (χ3v) is 2.99. The second kappa shape index (κ2) is 5.19. The summed E-state index contributed by atoms with van der Waals surface area (Å²) in [5.41, 5.74) is 4.44. The Hall–Kier alpha value is -0.510. The van der Waals surface area contributed by atoms with Crippen molar-refractivity contribution >= 4 is 14.0 Å². The van der Waals surface area contributed by atoms with Crippen molar-refractivity contribution in [2.45, 2.75) is 19.0 Å². The highest BCUT2D eigenvalue weighted by molar-refractivity contribution is 7.39. The molecule has 0 bridgehead atoms. The Morgan fingerprint density at radius 1 is 1.67 bits per heavy atom. The normalized spacial score (nSPS) is 16.8. The maximum atomic E-state index is 10.7. The molecule has 0 rings (SSSR count). The van der Waals surface area contributed by atoms with Gasteiger partial charge in [-0.2, -0.15) is 4.89 Å². The minimum absolute atomic E-state index is 0.226. The van der Waals surface area contributed by atoms with Crippen LogP contribution in [0.1, 0.15) is 13.3 Å². The number of rotatable bonds is 5. The molecule has 4 N–H and O–H groups in total. The molecule has 0 aliphatic heterocycles. The lowest BCUT2D eigenvalue weighted by atomic mass is 10.1. The molecule has 6 heteroatoms. The molecular formula is C6H13NO4P+. The van der Waals surface area contributed by atoms with Crippen LogP contribution in [0.25, 0.3) is 0 Å². The number of nitrogens with two attached hydrogens (primary N) is 1. The minimum Gasteiger partial charge on any atom is -0.481 e. The monoisotopic (exact) mass is 194 g/mol. The molecular weight excluding hydrogens is 181 g/mol. The van der Waals surface area contributed by atoms with Gasteiger partial charge in [0.2, 0.25) is 5.66 Å². The summed E-state index contributed by atoms with van der Waals surface area (Å²) in [4.78, 5) is 19.2. The maximum absolute atomic E-state index is 10.7. The van der Waals surface area contributed by atoms with Gasteiger partial charge in [0.15, 0.2) is 0 Å². The van der Waals surface area contributed by atoms with Crippen molar-refractivity contribution in [2.75, 3.05) is 6.54 Å². The van der Waals surface area contributed by atoms with E-state index in [1.165, 1.54) is 6.92 Å². The Morgan fingerprint density at radius 2 is 2.17 bits per heavy atom. The van der Waals surface area contributed by atoms with E-state index in [1.54, 1.807) is 0 Å². The summed E-state index contributed by atoms with van der Waals surface area (Å²) in [6.45, 7) is 1.63. The van der Waals surface area contributed by atoms with Gasteiger partial charge in [-0.05, 0) is 18.0 Å². The second-order valence-corrected chi connectivity index (χ2v) is 3.84. The van der Waals surface area contributed by atoms with Gasteiger partial charge in [-0.1, -0.05) is 0 Å². The lowest BCUT2D eigenvalue weighted by molar-refractivity contribution is -0.141. The average Bonchev–Trinajstić information content (AvgIpc) is 1.98. The molecule has 12 heavy (non-hydrogen) atoms. The third-order valence-electron chi connectivity index (χ3n) is 1.71. The summed E-state index contributed by atoms with van der Waals surface area (Å²) >= 11 is 0. The molecule has 0 spiro atoms. The molecule has 0 saturated heterocycles. The number of aliphatic carboxylic acids is 1. The van der Waals surface area contributed by atoms with Crippen LogP contribution in [-0.2, 0) is 9.36 Å². The van der Waals surface area contributed by atoms with E-state index in [9.17, 15) is 9.36 Å². The number of carboxylic acid groups (broad SMARTS) is 1. The molecule has 70 valence electrons. The zero-order chi connectivity index (χ0) is 9.72. The minimum atomic E-state index is -2.45. The fourth-order valence-electron chi connectivity index (χ4n) is 0.887. The van der Waals surface area contributed by atoms with Gasteiger partial charge in [0.1, 0.15) is 5.92 Å². The van der Waals surface area contributed by atoms with Crippen LogP contribution in [0.4, 0.5) is 0 Å². The molecule has 0 aliphatic rings. The van der Waals surface area contributed by atoms with Crippen LogP contribution in [0.3, 0.4) is 0 Å². The molecule has 5 nitrogen and oxygen atoms in total. The quantitative estimate of drug-likeness (QED) is 0.541. The van der Waals surface area contributed by atoms with Crippen molar-refractivity contribution in [2.24, 2.45) is 11.7 Å². The van der Waals surface area contributed by atoms with Crippen LogP contribution in [-0.4, -0.2) is 28.2 Å². The first-order valence-electron chi connectivity index (χ1n) is 3.58. The van der Waals surface area contributed by atoms with E-state index in [0.29, 0.717) is 0 Å². The maximum Gasteiger partial charge on any atom is 0.509 e. The molecule has 0 radical (unpaired) electrons. The molecule has 0 aliphatic carbocycles. The van der Waals surface area contributed by atoms with E-state index >= 15 is 0 Å². The van der Waals surface area contributed by atoms with Crippen LogP contribution in [0.5, 0.6) is 0 Å². The van der Waals surface area contributed by atoms with Gasteiger partial charge in [-0.25, -0.2) is 0 Å². The van der Waals surface area contributed by atoms with E-state index in [0.717, 1.165) is 0 Å². The molecule has 0 saturated carbocycles. The van der Waals surface area contributed by atoms with Crippen molar-refractivity contribution in [3.8, 4) is 0 Å². The summed E-state index contributed by atoms with van der Waals surface area (Å²) < 4.78 is 10.7. The van der Waals surface area contributed by atoms with Crippen LogP contribution >= 0.6 is 8.03 Å². The summed E-state index contributed by atoms with van der Waals surface area (Å²) in [5.74, 6) is -1.88. The standard InChI is InChI=1S/C6H12NO4P/c1-4(6(8)9)5(2-3-7)12(10)11/h4-5H,2-3,7H2,1H3,(H-,8,9,10,11)/p+1. The Kier molecular flexibility index (Phi) is 4.97. The fraction of sp³-hybridized carbons (Fsp3) is 0.833. The summed E-state index contributed by atoms with van der Waals surface area (Å²) in [6.07, 6.45) is 0.263. The molecule has 0 amide bonds. The van der Waals surface area contributed by atoms with Crippen molar-refractivity contribution < 1.29 is 19.4 Å². The highest BCUT2D eigenvalue weighted by Gasteiger charge is 2.38. The first kappa shape index (κ1) is 11.5. The van der Waals surface area contributed by atoms with Crippen molar-refractivity contribution in [1.29, 1.82) is 0 Å². The summed E-state index contributed by atoms with van der Waals surface area (Å²) in [7, 11) is -2.45. The molecule has 0 aromatic heterocycles. The Bertz CT molecular complexity index is 184. The van der Waals surface area contributed by atoms with Gasteiger partial charge >= 0.3 is 14.0 Å². The second-order valence-electron chi connectivity index (χ2n) is 2.57. The van der Waals surface area contributed by atoms with Gasteiger partial charge in [0, 0.05) is 6.42 Å². The van der Waals surface area contributed by atoms with E-state index in [-0.39, 0.29) is 13.0 Å². The molecule has 0 aromatic rings. The first-order chi connectivity index (χ1) is 5.50. The number of hydrogen-bond donors (Lipinski definition) is 3. The average molecular weight is 194 g/mol. The Morgan fingerprint density at radius 3 is 2.42 bits per heavy atom. The van der Waals surface area contributed by atoms with E-state index < -0.39 is 25.6 Å². The van der Waals surface area contributed by atoms with E-state index in [2.05, 4.69) is 0 Å². The smallest absolute Gasteiger partial charge is 0.481 e. The largest absolute Gasteiger partial charge is 0.509 e. The Labute approximate surface area is 71.4 Å². The van der Waals surface area contributed by atoms with Crippen LogP contribution in [0.2, 0.25) is 0 Å². The third kappa shape index (κ3) is 3.26. The predicted octanol–water partition coefficient (Wildman–Crippen LogP) is 0.159. The lowest BCUT2D eigenvalue weighted by Crippen LogP contribution is -2.25. The van der Waals surface area contributed by atoms with Crippen molar-refractivity contribution in [1.82, 2.24) is 0 Å². The highest BCUT2D eigenvalue weighted by atomic mass is 31.1. The summed E-state index contributed by atoms with van der Waals surface area (Å²) in [6, 6.07) is 0. The molecule has 0 aromatic carbocycles. The zero-order valence-corrected chi connectivity index (χ0v) is 7.70. The highest BCUT2D eigenvalue weighted by Crippen LogP contribution is 2.31. The number of carboxylic acids is 1. The zero-order valence-electron chi connectivity index (χ0n) is 6.80. The van der Waals surface area contributed by atoms with Crippen LogP contribution in [0, 0.1) is 5.92 Å².